The number of ether oxygens (including phenoxy) is 1. The Morgan fingerprint density at radius 2 is 1.74 bits per heavy atom. The van der Waals surface area contributed by atoms with Crippen LogP contribution in [0.5, 0.6) is 0 Å². The molecule has 2 aromatic rings. The normalized spacial score (nSPS) is 13.9. The summed E-state index contributed by atoms with van der Waals surface area (Å²) in [5, 5.41) is 13.2. The molecule has 0 spiro atoms. The van der Waals surface area contributed by atoms with Crippen LogP contribution in [-0.2, 0) is 27.2 Å². The summed E-state index contributed by atoms with van der Waals surface area (Å²) in [4.78, 5) is 26.3. The zero-order chi connectivity index (χ0) is 24.9. The van der Waals surface area contributed by atoms with Gasteiger partial charge in [-0.25, -0.2) is 9.59 Å². The van der Waals surface area contributed by atoms with Gasteiger partial charge in [0.25, 0.3) is 0 Å². The van der Waals surface area contributed by atoms with Gasteiger partial charge in [0, 0.05) is 29.5 Å². The molecule has 1 aliphatic heterocycles. The van der Waals surface area contributed by atoms with Gasteiger partial charge in [0.1, 0.15) is 11.3 Å². The number of nitrogens with zero attached hydrogens (tertiary/aromatic N) is 1. The number of benzene rings is 2. The molecule has 34 heavy (non-hydrogen) atoms. The van der Waals surface area contributed by atoms with Crippen molar-refractivity contribution < 1.29 is 19.4 Å². The molecule has 0 radical (unpaired) electrons. The highest BCUT2D eigenvalue weighted by atomic mass is 35.5. The lowest BCUT2D eigenvalue weighted by Crippen LogP contribution is -2.29. The number of carbonyl (C=O) groups excluding carboxylic acids is 1. The van der Waals surface area contributed by atoms with Crippen LogP contribution in [-0.4, -0.2) is 35.7 Å². The fourth-order valence-electron chi connectivity index (χ4n) is 4.06. The molecule has 0 unspecified atom stereocenters. The molecule has 2 N–H and O–H groups in total. The molecular formula is C27H33ClN2O4. The van der Waals surface area contributed by atoms with Crippen molar-refractivity contribution in [1.82, 2.24) is 5.32 Å². The minimum absolute atomic E-state index is 0.0624. The number of anilines is 2. The van der Waals surface area contributed by atoms with E-state index in [4.69, 9.17) is 16.3 Å². The zero-order valence-corrected chi connectivity index (χ0v) is 21.0. The first-order chi connectivity index (χ1) is 16.1. The van der Waals surface area contributed by atoms with Crippen LogP contribution in [0.1, 0.15) is 51.7 Å². The van der Waals surface area contributed by atoms with E-state index in [0.29, 0.717) is 11.6 Å². The van der Waals surface area contributed by atoms with Crippen LogP contribution in [0.3, 0.4) is 0 Å². The van der Waals surface area contributed by atoms with Crippen molar-refractivity contribution in [3.63, 3.8) is 0 Å². The van der Waals surface area contributed by atoms with Gasteiger partial charge in [-0.05, 0) is 82.7 Å². The van der Waals surface area contributed by atoms with Crippen LogP contribution in [0.4, 0.5) is 11.4 Å². The van der Waals surface area contributed by atoms with Gasteiger partial charge in [0.15, 0.2) is 0 Å². The Kier molecular flexibility index (Phi) is 8.26. The summed E-state index contributed by atoms with van der Waals surface area (Å²) in [5.74, 6) is -1.81. The summed E-state index contributed by atoms with van der Waals surface area (Å²) < 4.78 is 5.31. The second-order valence-corrected chi connectivity index (χ2v) is 9.93. The van der Waals surface area contributed by atoms with Crippen molar-refractivity contribution in [3.8, 4) is 0 Å². The monoisotopic (exact) mass is 484 g/mol. The van der Waals surface area contributed by atoms with Crippen molar-refractivity contribution in [2.24, 2.45) is 0 Å². The van der Waals surface area contributed by atoms with Gasteiger partial charge in [-0.15, -0.1) is 0 Å². The lowest BCUT2D eigenvalue weighted by Gasteiger charge is -2.27. The zero-order valence-electron chi connectivity index (χ0n) is 20.3. The summed E-state index contributed by atoms with van der Waals surface area (Å²) in [6, 6.07) is 14.5. The number of para-hydroxylation sites is 1. The number of carboxylic acid groups (broad SMARTS) is 1. The van der Waals surface area contributed by atoms with Gasteiger partial charge in [0.2, 0.25) is 0 Å². The average Bonchev–Trinajstić information content (AvgIpc) is 2.91. The van der Waals surface area contributed by atoms with Crippen LogP contribution in [0.15, 0.2) is 53.7 Å². The number of nitrogens with one attached hydrogen (secondary N) is 1. The molecule has 0 saturated heterocycles. The fraction of sp³-hybridized carbons (Fsp3) is 0.407. The minimum Gasteiger partial charge on any atom is -0.477 e. The summed E-state index contributed by atoms with van der Waals surface area (Å²) in [5.41, 5.74) is 4.13. The molecule has 3 rings (SSSR count). The molecule has 0 amide bonds. The molecule has 182 valence electrons. The van der Waals surface area contributed by atoms with Crippen LogP contribution in [0.25, 0.3) is 0 Å². The third-order valence-electron chi connectivity index (χ3n) is 5.69. The Morgan fingerprint density at radius 1 is 1.06 bits per heavy atom. The highest BCUT2D eigenvalue weighted by molar-refractivity contribution is 6.30. The van der Waals surface area contributed by atoms with Crippen molar-refractivity contribution in [2.45, 2.75) is 59.0 Å². The first-order valence-corrected chi connectivity index (χ1v) is 12.0. The van der Waals surface area contributed by atoms with Gasteiger partial charge in [-0.1, -0.05) is 35.9 Å². The third-order valence-corrected chi connectivity index (χ3v) is 5.92. The lowest BCUT2D eigenvalue weighted by atomic mass is 10.0. The maximum Gasteiger partial charge on any atom is 0.352 e. The number of carboxylic acids is 1. The Morgan fingerprint density at radius 3 is 2.41 bits per heavy atom. The molecule has 0 bridgehead atoms. The Balaban J connectivity index is 1.67. The second-order valence-electron chi connectivity index (χ2n) is 9.49. The third kappa shape index (κ3) is 6.54. The molecule has 1 aliphatic rings. The SMILES string of the molecule is CC(C(=O)OC(C)(C)C)=C(NCCCCN1c2ccccc2CCc2ccc(Cl)cc21)C(=O)O. The molecule has 0 aromatic heterocycles. The number of hydrogen-bond acceptors (Lipinski definition) is 5. The summed E-state index contributed by atoms with van der Waals surface area (Å²) >= 11 is 6.33. The van der Waals surface area contributed by atoms with Crippen molar-refractivity contribution in [3.05, 3.63) is 69.9 Å². The summed E-state index contributed by atoms with van der Waals surface area (Å²) in [6.45, 7) is 7.91. The Labute approximate surface area is 206 Å². The standard InChI is InChI=1S/C27H33ClN2O4/c1-18(26(33)34-27(2,3)4)24(25(31)32)29-15-7-8-16-30-22-10-6-5-9-19(22)11-12-20-13-14-21(28)17-23(20)30/h5-6,9-10,13-14,17,29H,7-8,11-12,15-16H2,1-4H3,(H,31,32). The van der Waals surface area contributed by atoms with E-state index in [0.717, 1.165) is 37.9 Å². The van der Waals surface area contributed by atoms with E-state index >= 15 is 0 Å². The van der Waals surface area contributed by atoms with Gasteiger partial charge in [0.05, 0.1) is 5.57 Å². The number of aryl methyl sites for hydroxylation is 2. The Hall–Kier alpha value is -2.99. The predicted molar refractivity (Wildman–Crippen MR) is 136 cm³/mol. The lowest BCUT2D eigenvalue weighted by molar-refractivity contribution is -0.150. The number of rotatable bonds is 8. The van der Waals surface area contributed by atoms with Crippen molar-refractivity contribution in [2.75, 3.05) is 18.0 Å². The van der Waals surface area contributed by atoms with Crippen LogP contribution in [0, 0.1) is 0 Å². The van der Waals surface area contributed by atoms with E-state index in [-0.39, 0.29) is 11.3 Å². The molecule has 0 atom stereocenters. The van der Waals surface area contributed by atoms with E-state index in [1.165, 1.54) is 23.7 Å². The molecule has 7 heteroatoms. The van der Waals surface area contributed by atoms with E-state index in [9.17, 15) is 14.7 Å². The van der Waals surface area contributed by atoms with Crippen LogP contribution < -0.4 is 10.2 Å². The van der Waals surface area contributed by atoms with Crippen molar-refractivity contribution >= 4 is 34.9 Å². The molecular weight excluding hydrogens is 452 g/mol. The second kappa shape index (κ2) is 11.0. The van der Waals surface area contributed by atoms with Gasteiger partial charge < -0.3 is 20.1 Å². The van der Waals surface area contributed by atoms with E-state index in [1.807, 2.05) is 18.2 Å². The molecule has 6 nitrogen and oxygen atoms in total. The predicted octanol–water partition coefficient (Wildman–Crippen LogP) is 5.65. The highest BCUT2D eigenvalue weighted by Gasteiger charge is 2.23. The maximum absolute atomic E-state index is 12.3. The number of fused-ring (bicyclic) bond motifs is 2. The number of carbonyl (C=O) groups is 2. The largest absolute Gasteiger partial charge is 0.477 e. The number of halogens is 1. The molecule has 0 aliphatic carbocycles. The molecule has 1 heterocycles. The topological polar surface area (TPSA) is 78.9 Å². The van der Waals surface area contributed by atoms with E-state index in [1.54, 1.807) is 20.8 Å². The number of esters is 1. The highest BCUT2D eigenvalue weighted by Crippen LogP contribution is 2.37. The number of hydrogen-bond donors (Lipinski definition) is 2. The van der Waals surface area contributed by atoms with Gasteiger partial charge in [-0.3, -0.25) is 0 Å². The smallest absolute Gasteiger partial charge is 0.352 e. The van der Waals surface area contributed by atoms with Crippen LogP contribution in [0.2, 0.25) is 5.02 Å². The van der Waals surface area contributed by atoms with Crippen molar-refractivity contribution in [1.29, 1.82) is 0 Å². The quantitative estimate of drug-likeness (QED) is 0.286. The molecule has 0 saturated carbocycles. The van der Waals surface area contributed by atoms with Crippen LogP contribution >= 0.6 is 11.6 Å². The first kappa shape index (κ1) is 25.6. The number of unbranched alkanes of at least 4 members (excludes halogenated alkanes) is 1. The van der Waals surface area contributed by atoms with E-state index < -0.39 is 17.5 Å². The Bertz CT molecular complexity index is 1090. The van der Waals surface area contributed by atoms with Gasteiger partial charge in [-0.2, -0.15) is 0 Å². The number of aliphatic carboxylic acids is 1. The maximum atomic E-state index is 12.3. The molecule has 2 aromatic carbocycles. The molecule has 0 fully saturated rings. The van der Waals surface area contributed by atoms with Gasteiger partial charge >= 0.3 is 11.9 Å². The first-order valence-electron chi connectivity index (χ1n) is 11.6. The van der Waals surface area contributed by atoms with E-state index in [2.05, 4.69) is 34.5 Å². The summed E-state index contributed by atoms with van der Waals surface area (Å²) in [7, 11) is 0. The fourth-order valence-corrected chi connectivity index (χ4v) is 4.23. The average molecular weight is 485 g/mol. The summed E-state index contributed by atoms with van der Waals surface area (Å²) in [6.07, 6.45) is 3.48. The minimum atomic E-state index is -1.17.